The molecule has 0 unspecified atom stereocenters. The maximum atomic E-state index is 9.97. The van der Waals surface area contributed by atoms with Crippen LogP contribution >= 0.6 is 11.6 Å². The van der Waals surface area contributed by atoms with Crippen LogP contribution in [0.15, 0.2) is 18.3 Å². The first kappa shape index (κ1) is 8.74. The Hall–Kier alpha value is -1.35. The van der Waals surface area contributed by atoms with Crippen molar-refractivity contribution in [3.05, 3.63) is 29.1 Å². The minimum absolute atomic E-state index is 0.276. The van der Waals surface area contributed by atoms with E-state index < -0.39 is 0 Å². The summed E-state index contributed by atoms with van der Waals surface area (Å²) in [5.74, 6) is 0. The molecule has 1 rings (SSSR count). The van der Waals surface area contributed by atoms with Gasteiger partial charge in [0.15, 0.2) is 5.15 Å². The molecular formula is C8H7ClN2O. The lowest BCUT2D eigenvalue weighted by Crippen LogP contribution is -1.89. The molecule has 0 aliphatic heterocycles. The number of nitrogens with two attached hydrogens (primary N) is 1. The van der Waals surface area contributed by atoms with Gasteiger partial charge in [0.1, 0.15) is 6.29 Å². The average molecular weight is 183 g/mol. The number of nitrogen functional groups attached to an aromatic ring is 1. The van der Waals surface area contributed by atoms with Crippen molar-refractivity contribution in [3.63, 3.8) is 0 Å². The number of allylic oxidation sites excluding steroid dienone is 1. The van der Waals surface area contributed by atoms with E-state index in [9.17, 15) is 4.79 Å². The number of aldehydes is 1. The topological polar surface area (TPSA) is 56.0 Å². The first-order valence-corrected chi connectivity index (χ1v) is 3.64. The smallest absolute Gasteiger partial charge is 0.151 e. The van der Waals surface area contributed by atoms with Gasteiger partial charge in [-0.25, -0.2) is 4.98 Å². The fourth-order valence-corrected chi connectivity index (χ4v) is 0.827. The maximum absolute atomic E-state index is 9.97. The molecule has 12 heavy (non-hydrogen) atoms. The Morgan fingerprint density at radius 3 is 2.92 bits per heavy atom. The van der Waals surface area contributed by atoms with Crippen LogP contribution in [0.2, 0.25) is 5.15 Å². The Balaban J connectivity index is 2.96. The van der Waals surface area contributed by atoms with Crippen molar-refractivity contribution in [2.75, 3.05) is 5.73 Å². The van der Waals surface area contributed by atoms with Crippen molar-refractivity contribution in [1.29, 1.82) is 0 Å². The molecule has 1 heterocycles. The van der Waals surface area contributed by atoms with Crippen LogP contribution in [0, 0.1) is 0 Å². The van der Waals surface area contributed by atoms with Gasteiger partial charge in [-0.15, -0.1) is 0 Å². The second-order valence-electron chi connectivity index (χ2n) is 2.14. The van der Waals surface area contributed by atoms with Crippen molar-refractivity contribution in [2.24, 2.45) is 0 Å². The molecule has 2 N–H and O–H groups in total. The summed E-state index contributed by atoms with van der Waals surface area (Å²) in [5, 5.41) is 0.276. The number of rotatable bonds is 2. The molecule has 0 atom stereocenters. The molecule has 0 spiro atoms. The van der Waals surface area contributed by atoms with E-state index >= 15 is 0 Å². The fraction of sp³-hybridized carbons (Fsp3) is 0. The van der Waals surface area contributed by atoms with Gasteiger partial charge in [-0.2, -0.15) is 0 Å². The largest absolute Gasteiger partial charge is 0.396 e. The van der Waals surface area contributed by atoms with Gasteiger partial charge in [-0.3, -0.25) is 4.79 Å². The number of hydrogen-bond acceptors (Lipinski definition) is 3. The molecule has 0 saturated carbocycles. The second kappa shape index (κ2) is 3.88. The van der Waals surface area contributed by atoms with E-state index in [2.05, 4.69) is 4.98 Å². The maximum Gasteiger partial charge on any atom is 0.151 e. The standard InChI is InChI=1S/C8H7ClN2O/c9-8-7(10)4-6(5-11-8)2-1-3-12/h1-5H,10H2. The van der Waals surface area contributed by atoms with Gasteiger partial charge in [0.05, 0.1) is 5.69 Å². The molecule has 0 bridgehead atoms. The highest BCUT2D eigenvalue weighted by atomic mass is 35.5. The molecular weight excluding hydrogens is 176 g/mol. The summed E-state index contributed by atoms with van der Waals surface area (Å²) in [7, 11) is 0. The summed E-state index contributed by atoms with van der Waals surface area (Å²) >= 11 is 5.58. The van der Waals surface area contributed by atoms with Crippen LogP contribution in [-0.2, 0) is 4.79 Å². The van der Waals surface area contributed by atoms with Crippen molar-refractivity contribution in [3.8, 4) is 0 Å². The van der Waals surface area contributed by atoms with E-state index in [-0.39, 0.29) is 5.15 Å². The minimum atomic E-state index is 0.276. The lowest BCUT2D eigenvalue weighted by atomic mass is 10.2. The van der Waals surface area contributed by atoms with Crippen molar-refractivity contribution in [1.82, 2.24) is 4.98 Å². The Kier molecular flexibility index (Phi) is 2.82. The molecule has 0 aromatic carbocycles. The van der Waals surface area contributed by atoms with E-state index in [1.807, 2.05) is 0 Å². The van der Waals surface area contributed by atoms with Crippen LogP contribution in [-0.4, -0.2) is 11.3 Å². The zero-order valence-electron chi connectivity index (χ0n) is 6.20. The number of anilines is 1. The predicted octanol–water partition coefficient (Wildman–Crippen LogP) is 1.53. The third kappa shape index (κ3) is 2.07. The normalized spacial score (nSPS) is 10.4. The van der Waals surface area contributed by atoms with Crippen molar-refractivity contribution < 1.29 is 4.79 Å². The van der Waals surface area contributed by atoms with Gasteiger partial charge in [0.25, 0.3) is 0 Å². The molecule has 0 aliphatic carbocycles. The number of carbonyl (C=O) groups is 1. The quantitative estimate of drug-likeness (QED) is 0.429. The zero-order chi connectivity index (χ0) is 8.97. The highest BCUT2D eigenvalue weighted by Gasteiger charge is 1.95. The van der Waals surface area contributed by atoms with Gasteiger partial charge in [-0.1, -0.05) is 17.7 Å². The van der Waals surface area contributed by atoms with E-state index in [0.717, 1.165) is 5.56 Å². The highest BCUT2D eigenvalue weighted by Crippen LogP contribution is 2.16. The lowest BCUT2D eigenvalue weighted by Gasteiger charge is -1.96. The van der Waals surface area contributed by atoms with Crippen molar-refractivity contribution >= 4 is 29.7 Å². The third-order valence-corrected chi connectivity index (χ3v) is 1.57. The molecule has 1 aromatic rings. The van der Waals surface area contributed by atoms with Crippen LogP contribution in [0.1, 0.15) is 5.56 Å². The molecule has 0 radical (unpaired) electrons. The Morgan fingerprint density at radius 2 is 2.33 bits per heavy atom. The summed E-state index contributed by atoms with van der Waals surface area (Å²) in [4.78, 5) is 13.8. The molecule has 1 aromatic heterocycles. The van der Waals surface area contributed by atoms with Gasteiger partial charge in [-0.05, 0) is 17.7 Å². The number of carbonyl (C=O) groups excluding carboxylic acids is 1. The van der Waals surface area contributed by atoms with Crippen LogP contribution in [0.4, 0.5) is 5.69 Å². The summed E-state index contributed by atoms with van der Waals surface area (Å²) in [6, 6.07) is 1.65. The first-order valence-electron chi connectivity index (χ1n) is 3.27. The lowest BCUT2D eigenvalue weighted by molar-refractivity contribution is -0.104. The second-order valence-corrected chi connectivity index (χ2v) is 2.50. The monoisotopic (exact) mass is 182 g/mol. The number of aromatic nitrogens is 1. The Morgan fingerprint density at radius 1 is 1.58 bits per heavy atom. The van der Waals surface area contributed by atoms with E-state index in [1.165, 1.54) is 6.08 Å². The molecule has 0 saturated heterocycles. The Labute approximate surface area is 74.9 Å². The van der Waals surface area contributed by atoms with Crippen LogP contribution in [0.5, 0.6) is 0 Å². The molecule has 4 heteroatoms. The molecule has 0 fully saturated rings. The van der Waals surface area contributed by atoms with Crippen molar-refractivity contribution in [2.45, 2.75) is 0 Å². The zero-order valence-corrected chi connectivity index (χ0v) is 6.95. The molecule has 62 valence electrons. The van der Waals surface area contributed by atoms with Crippen LogP contribution in [0.3, 0.4) is 0 Å². The highest BCUT2D eigenvalue weighted by molar-refractivity contribution is 6.31. The van der Waals surface area contributed by atoms with Crippen LogP contribution < -0.4 is 5.73 Å². The van der Waals surface area contributed by atoms with E-state index in [0.29, 0.717) is 12.0 Å². The van der Waals surface area contributed by atoms with Crippen LogP contribution in [0.25, 0.3) is 6.08 Å². The number of hydrogen-bond donors (Lipinski definition) is 1. The van der Waals surface area contributed by atoms with Gasteiger partial charge in [0.2, 0.25) is 0 Å². The van der Waals surface area contributed by atoms with Gasteiger partial charge in [0, 0.05) is 6.20 Å². The third-order valence-electron chi connectivity index (χ3n) is 1.25. The summed E-state index contributed by atoms with van der Waals surface area (Å²) in [6.45, 7) is 0. The predicted molar refractivity (Wildman–Crippen MR) is 48.8 cm³/mol. The summed E-state index contributed by atoms with van der Waals surface area (Å²) in [6.07, 6.45) is 5.19. The number of halogens is 1. The van der Waals surface area contributed by atoms with Gasteiger partial charge < -0.3 is 5.73 Å². The number of nitrogens with zero attached hydrogens (tertiary/aromatic N) is 1. The average Bonchev–Trinajstić information content (AvgIpc) is 2.07. The molecule has 0 amide bonds. The first-order chi connectivity index (χ1) is 5.74. The molecule has 0 aliphatic rings. The van der Waals surface area contributed by atoms with E-state index in [1.54, 1.807) is 18.3 Å². The molecule has 3 nitrogen and oxygen atoms in total. The van der Waals surface area contributed by atoms with E-state index in [4.69, 9.17) is 17.3 Å². The summed E-state index contributed by atoms with van der Waals surface area (Å²) in [5.41, 5.74) is 6.64. The Bertz CT molecular complexity index is 323. The SMILES string of the molecule is Nc1cc(C=CC=O)cnc1Cl. The number of pyridine rings is 1. The van der Waals surface area contributed by atoms with Gasteiger partial charge >= 0.3 is 0 Å². The summed E-state index contributed by atoms with van der Waals surface area (Å²) < 4.78 is 0. The fourth-order valence-electron chi connectivity index (χ4n) is 0.724. The minimum Gasteiger partial charge on any atom is -0.396 e.